The van der Waals surface area contributed by atoms with Crippen molar-refractivity contribution < 1.29 is 32.9 Å². The lowest BCUT2D eigenvalue weighted by molar-refractivity contribution is -0.145. The Hall–Kier alpha value is -0.513. The summed E-state index contributed by atoms with van der Waals surface area (Å²) in [5, 5.41) is 0. The van der Waals surface area contributed by atoms with E-state index in [1.807, 2.05) is 0 Å². The minimum absolute atomic E-state index is 0.118. The number of hydrogen-bond donors (Lipinski definition) is 0. The highest BCUT2D eigenvalue weighted by Gasteiger charge is 2.13. The van der Waals surface area contributed by atoms with E-state index in [0.29, 0.717) is 72.5 Å². The highest BCUT2D eigenvalue weighted by molar-refractivity contribution is 6.69. The minimum atomic E-state index is -1.44. The van der Waals surface area contributed by atoms with Gasteiger partial charge < -0.3 is 28.1 Å². The van der Waals surface area contributed by atoms with Crippen molar-refractivity contribution in [2.45, 2.75) is 116 Å². The molecule has 0 aliphatic rings. The van der Waals surface area contributed by atoms with Crippen LogP contribution in [0.5, 0.6) is 0 Å². The van der Waals surface area contributed by atoms with Crippen LogP contribution in [0.25, 0.3) is 0 Å². The van der Waals surface area contributed by atoms with Gasteiger partial charge in [-0.1, -0.05) is 84.0 Å². The smallest absolute Gasteiger partial charge is 0.305 e. The van der Waals surface area contributed by atoms with Crippen molar-refractivity contribution >= 4 is 14.3 Å². The summed E-state index contributed by atoms with van der Waals surface area (Å²) in [5.74, 6) is -0.118. The van der Waals surface area contributed by atoms with Crippen LogP contribution in [0.15, 0.2) is 0 Å². The third-order valence-corrected chi connectivity index (χ3v) is 6.92. The Balaban J connectivity index is 3.17. The van der Waals surface area contributed by atoms with E-state index >= 15 is 0 Å². The van der Waals surface area contributed by atoms with Gasteiger partial charge in [-0.25, -0.2) is 0 Å². The molecule has 0 aromatic carbocycles. The Morgan fingerprint density at radius 1 is 0.486 bits per heavy atom. The zero-order chi connectivity index (χ0) is 27.3. The average Bonchev–Trinajstić information content (AvgIpc) is 2.86. The maximum Gasteiger partial charge on any atom is 0.305 e. The second-order valence-corrected chi connectivity index (χ2v) is 15.1. The van der Waals surface area contributed by atoms with Gasteiger partial charge in [0.1, 0.15) is 6.61 Å². The van der Waals surface area contributed by atoms with E-state index in [4.69, 9.17) is 28.1 Å². The van der Waals surface area contributed by atoms with Crippen LogP contribution in [0.1, 0.15) is 96.8 Å². The van der Waals surface area contributed by atoms with Crippen molar-refractivity contribution in [2.24, 2.45) is 0 Å². The van der Waals surface area contributed by atoms with Crippen molar-refractivity contribution in [3.8, 4) is 0 Å². The molecule has 8 heteroatoms. The van der Waals surface area contributed by atoms with E-state index in [2.05, 4.69) is 26.6 Å². The summed E-state index contributed by atoms with van der Waals surface area (Å²) in [6.45, 7) is 13.9. The number of carbonyl (C=O) groups is 1. The van der Waals surface area contributed by atoms with E-state index in [0.717, 1.165) is 12.8 Å². The van der Waals surface area contributed by atoms with E-state index in [9.17, 15) is 4.79 Å². The second kappa shape index (κ2) is 28.5. The largest absolute Gasteiger partial charge is 0.463 e. The number of esters is 1. The van der Waals surface area contributed by atoms with Crippen LogP contribution in [-0.2, 0) is 32.9 Å². The second-order valence-electron chi connectivity index (χ2n) is 10.6. The number of ether oxygens (including phenoxy) is 5. The molecule has 0 rings (SSSR count). The predicted octanol–water partition coefficient (Wildman–Crippen LogP) is 6.93. The Morgan fingerprint density at radius 3 is 1.24 bits per heavy atom. The first-order valence-corrected chi connectivity index (χ1v) is 18.5. The molecule has 0 unspecified atom stereocenters. The highest BCUT2D eigenvalue weighted by atomic mass is 28.4. The molecule has 0 aromatic rings. The average molecular weight is 549 g/mol. The molecule has 0 aromatic heterocycles. The third-order valence-electron chi connectivity index (χ3n) is 5.85. The molecule has 0 atom stereocenters. The molecule has 0 radical (unpaired) electrons. The van der Waals surface area contributed by atoms with Gasteiger partial charge in [0.15, 0.2) is 8.32 Å². The van der Waals surface area contributed by atoms with Crippen LogP contribution < -0.4 is 0 Å². The molecule has 0 N–H and O–H groups in total. The summed E-state index contributed by atoms with van der Waals surface area (Å²) in [6.07, 6.45) is 17.5. The van der Waals surface area contributed by atoms with Gasteiger partial charge in [-0.05, 0) is 26.1 Å². The van der Waals surface area contributed by atoms with Gasteiger partial charge in [0.2, 0.25) is 0 Å². The fraction of sp³-hybridized carbons (Fsp3) is 0.966. The summed E-state index contributed by atoms with van der Waals surface area (Å²) < 4.78 is 32.8. The van der Waals surface area contributed by atoms with Gasteiger partial charge in [-0.2, -0.15) is 0 Å². The Morgan fingerprint density at radius 2 is 0.838 bits per heavy atom. The maximum atomic E-state index is 11.8. The number of hydrogen-bond acceptors (Lipinski definition) is 7. The van der Waals surface area contributed by atoms with Gasteiger partial charge in [-0.3, -0.25) is 4.79 Å². The molecule has 0 spiro atoms. The summed E-state index contributed by atoms with van der Waals surface area (Å²) in [5.41, 5.74) is 0. The molecule has 0 saturated heterocycles. The molecule has 222 valence electrons. The molecule has 0 amide bonds. The Labute approximate surface area is 229 Å². The number of rotatable bonds is 30. The van der Waals surface area contributed by atoms with Crippen molar-refractivity contribution in [1.29, 1.82) is 0 Å². The number of carbonyl (C=O) groups excluding carboxylic acids is 1. The third kappa shape index (κ3) is 33.5. The standard InChI is InChI=1S/C29H60O7Si/c1-5-6-7-8-9-10-11-12-13-14-15-16-17-18-29(30)35-27-25-33-23-21-31-19-20-32-22-24-34-26-28-36-37(2,3)4/h5-28H2,1-4H3. The van der Waals surface area contributed by atoms with E-state index in [-0.39, 0.29) is 5.97 Å². The normalized spacial score (nSPS) is 11.8. The van der Waals surface area contributed by atoms with Crippen LogP contribution in [0.3, 0.4) is 0 Å². The minimum Gasteiger partial charge on any atom is -0.463 e. The van der Waals surface area contributed by atoms with Crippen LogP contribution in [0, 0.1) is 0 Å². The summed E-state index contributed by atoms with van der Waals surface area (Å²) >= 11 is 0. The first-order valence-electron chi connectivity index (χ1n) is 15.1. The summed E-state index contributed by atoms with van der Waals surface area (Å²) in [7, 11) is -1.44. The summed E-state index contributed by atoms with van der Waals surface area (Å²) in [6, 6.07) is 0. The van der Waals surface area contributed by atoms with Crippen LogP contribution >= 0.6 is 0 Å². The van der Waals surface area contributed by atoms with Crippen LogP contribution in [-0.4, -0.2) is 80.4 Å². The fourth-order valence-corrected chi connectivity index (χ4v) is 4.44. The van der Waals surface area contributed by atoms with Gasteiger partial charge in [0, 0.05) is 6.42 Å². The van der Waals surface area contributed by atoms with Gasteiger partial charge >= 0.3 is 5.97 Å². The molecular formula is C29H60O7Si. The molecule has 7 nitrogen and oxygen atoms in total. The van der Waals surface area contributed by atoms with Gasteiger partial charge in [0.25, 0.3) is 0 Å². The lowest BCUT2D eigenvalue weighted by atomic mass is 10.0. The van der Waals surface area contributed by atoms with Gasteiger partial charge in [-0.15, -0.1) is 0 Å². The lowest BCUT2D eigenvalue weighted by Gasteiger charge is -2.16. The van der Waals surface area contributed by atoms with E-state index < -0.39 is 8.32 Å². The molecule has 0 fully saturated rings. The van der Waals surface area contributed by atoms with Crippen LogP contribution in [0.4, 0.5) is 0 Å². The highest BCUT2D eigenvalue weighted by Crippen LogP contribution is 2.13. The zero-order valence-corrected chi connectivity index (χ0v) is 25.8. The summed E-state index contributed by atoms with van der Waals surface area (Å²) in [4.78, 5) is 11.8. The Kier molecular flexibility index (Phi) is 28.1. The van der Waals surface area contributed by atoms with Crippen LogP contribution in [0.2, 0.25) is 19.6 Å². The van der Waals surface area contributed by atoms with E-state index in [1.165, 1.54) is 70.6 Å². The molecule has 0 bridgehead atoms. The Bertz CT molecular complexity index is 472. The number of unbranched alkanes of at least 4 members (excludes halogenated alkanes) is 12. The molecular weight excluding hydrogens is 488 g/mol. The SMILES string of the molecule is CCCCCCCCCCCCCCCC(=O)OCCOCCOCCOCCOCCO[Si](C)(C)C. The monoisotopic (exact) mass is 548 g/mol. The molecule has 0 aliphatic carbocycles. The van der Waals surface area contributed by atoms with Gasteiger partial charge in [0.05, 0.1) is 59.5 Å². The molecule has 37 heavy (non-hydrogen) atoms. The first-order chi connectivity index (χ1) is 18.0. The topological polar surface area (TPSA) is 72.5 Å². The van der Waals surface area contributed by atoms with E-state index in [1.54, 1.807) is 0 Å². The molecule has 0 aliphatic heterocycles. The predicted molar refractivity (Wildman–Crippen MR) is 154 cm³/mol. The zero-order valence-electron chi connectivity index (χ0n) is 24.8. The molecule has 0 heterocycles. The quantitative estimate of drug-likeness (QED) is 0.0547. The van der Waals surface area contributed by atoms with Crippen molar-refractivity contribution in [3.05, 3.63) is 0 Å². The molecule has 0 saturated carbocycles. The first kappa shape index (κ1) is 36.5. The lowest BCUT2D eigenvalue weighted by Crippen LogP contribution is -2.27. The maximum absolute atomic E-state index is 11.8. The van der Waals surface area contributed by atoms with Crippen molar-refractivity contribution in [2.75, 3.05) is 66.1 Å². The van der Waals surface area contributed by atoms with Crippen molar-refractivity contribution in [1.82, 2.24) is 0 Å². The fourth-order valence-electron chi connectivity index (χ4n) is 3.74. The van der Waals surface area contributed by atoms with Crippen molar-refractivity contribution in [3.63, 3.8) is 0 Å².